The molecule has 0 aliphatic heterocycles. The lowest BCUT2D eigenvalue weighted by Gasteiger charge is -2.64. The van der Waals surface area contributed by atoms with Gasteiger partial charge in [-0.3, -0.25) is 0 Å². The topological polar surface area (TPSA) is 3.24 Å². The third-order valence-electron chi connectivity index (χ3n) is 15.8. The number of nitrogens with zero attached hydrogens (tertiary/aromatic N) is 1. The number of hydrogen-bond donors (Lipinski definition) is 0. The van der Waals surface area contributed by atoms with Gasteiger partial charge in [0.2, 0.25) is 0 Å². The lowest BCUT2D eigenvalue weighted by Crippen LogP contribution is -2.59. The van der Waals surface area contributed by atoms with Gasteiger partial charge in [-0.15, -0.1) is 0 Å². The summed E-state index contributed by atoms with van der Waals surface area (Å²) in [4.78, 5) is 2.68. The zero-order chi connectivity index (χ0) is 35.6. The van der Waals surface area contributed by atoms with Crippen LogP contribution in [0.5, 0.6) is 0 Å². The van der Waals surface area contributed by atoms with E-state index in [1.807, 2.05) is 0 Å². The summed E-state index contributed by atoms with van der Waals surface area (Å²) in [5.74, 6) is 3.88. The van der Waals surface area contributed by atoms with E-state index in [2.05, 4.69) is 151 Å². The van der Waals surface area contributed by atoms with E-state index in [0.717, 1.165) is 17.8 Å². The van der Waals surface area contributed by atoms with Crippen LogP contribution in [0.15, 0.2) is 140 Å². The largest absolute Gasteiger partial charge is 0.310 e. The molecule has 0 aromatic heterocycles. The van der Waals surface area contributed by atoms with Crippen molar-refractivity contribution in [1.29, 1.82) is 0 Å². The minimum absolute atomic E-state index is 0.0418. The third-order valence-corrected chi connectivity index (χ3v) is 15.8. The summed E-state index contributed by atoms with van der Waals surface area (Å²) in [6, 6.07) is 54.3. The molecule has 266 valence electrons. The van der Waals surface area contributed by atoms with Crippen molar-refractivity contribution in [2.45, 2.75) is 75.5 Å². The van der Waals surface area contributed by atoms with Gasteiger partial charge >= 0.3 is 0 Å². The zero-order valence-corrected chi connectivity index (χ0v) is 31.5. The first-order valence-corrected chi connectivity index (χ1v) is 21.1. The Hall–Kier alpha value is -4.88. The van der Waals surface area contributed by atoms with Gasteiger partial charge in [0.25, 0.3) is 0 Å². The molecule has 1 heteroatoms. The third kappa shape index (κ3) is 4.11. The molecule has 5 saturated carbocycles. The highest BCUT2D eigenvalue weighted by Crippen LogP contribution is 2.72. The second kappa shape index (κ2) is 11.6. The molecule has 0 N–H and O–H groups in total. The predicted molar refractivity (Wildman–Crippen MR) is 224 cm³/mol. The monoisotopic (exact) mass is 699 g/mol. The number of anilines is 3. The molecule has 0 radical (unpaired) electrons. The maximum atomic E-state index is 2.68. The van der Waals surface area contributed by atoms with Gasteiger partial charge in [-0.25, -0.2) is 0 Å². The fraction of sp³-hybridized carbons (Fsp3) is 0.321. The van der Waals surface area contributed by atoms with E-state index in [1.54, 1.807) is 22.3 Å². The molecule has 6 aromatic carbocycles. The predicted octanol–water partition coefficient (Wildman–Crippen LogP) is 14.0. The zero-order valence-electron chi connectivity index (χ0n) is 31.5. The lowest BCUT2D eigenvalue weighted by atomic mass is 9.40. The summed E-state index contributed by atoms with van der Waals surface area (Å²) < 4.78 is 0. The van der Waals surface area contributed by atoms with Crippen molar-refractivity contribution in [1.82, 2.24) is 0 Å². The van der Waals surface area contributed by atoms with Crippen LogP contribution >= 0.6 is 0 Å². The van der Waals surface area contributed by atoms with Crippen LogP contribution in [-0.4, -0.2) is 0 Å². The van der Waals surface area contributed by atoms with E-state index in [0.29, 0.717) is 11.8 Å². The Labute approximate surface area is 321 Å². The SMILES string of the molecule is C[C@H]1C2CC3CC(C2)C2(c4ccccc4-c4cccc(N(c5cccc(-c6ccccc6)c5)c5ccc6c(c5)-c5ccccc5C65CCCCC5)c42)C1C3. The molecule has 54 heavy (non-hydrogen) atoms. The van der Waals surface area contributed by atoms with Gasteiger partial charge in [0.15, 0.2) is 0 Å². The Morgan fingerprint density at radius 1 is 0.519 bits per heavy atom. The highest BCUT2D eigenvalue weighted by atomic mass is 15.1. The first-order valence-electron chi connectivity index (χ1n) is 21.1. The highest BCUT2D eigenvalue weighted by Gasteiger charge is 2.64. The van der Waals surface area contributed by atoms with Gasteiger partial charge in [0.05, 0.1) is 5.69 Å². The molecular weight excluding hydrogens is 651 g/mol. The summed E-state index contributed by atoms with van der Waals surface area (Å²) in [6.45, 7) is 2.62. The Morgan fingerprint density at radius 3 is 2.06 bits per heavy atom. The molecule has 6 aromatic rings. The molecule has 2 spiro atoms. The van der Waals surface area contributed by atoms with Crippen LogP contribution in [0.2, 0.25) is 0 Å². The lowest BCUT2D eigenvalue weighted by molar-refractivity contribution is -0.0815. The molecular formula is C53H49N. The average Bonchev–Trinajstić information content (AvgIpc) is 3.67. The van der Waals surface area contributed by atoms with Gasteiger partial charge in [-0.1, -0.05) is 135 Å². The first kappa shape index (κ1) is 31.5. The van der Waals surface area contributed by atoms with Crippen molar-refractivity contribution < 1.29 is 0 Å². The Bertz CT molecular complexity index is 2450. The summed E-state index contributed by atoms with van der Waals surface area (Å²) in [5.41, 5.74) is 18.8. The molecule has 0 amide bonds. The summed E-state index contributed by atoms with van der Waals surface area (Å²) in [6.07, 6.45) is 12.1. The van der Waals surface area contributed by atoms with E-state index < -0.39 is 0 Å². The standard InChI is InChI=1S/C53H49N/c1-34-38-28-35-29-39(31-38)53(49(34)30-35)48-22-9-7-18-42(48)44-20-13-23-50(51(44)53)54(40-17-12-16-37(32-40)36-14-4-2-5-15-36)41-24-25-47-45(33-41)43-19-6-8-21-46(43)52(47)26-10-3-11-27-52/h2,4-9,12-25,32-35,38-39,49H,3,10-11,26-31H2,1H3/t34-,35?,38?,39?,49?,53?/m0/s1. The van der Waals surface area contributed by atoms with Crippen molar-refractivity contribution in [2.75, 3.05) is 4.90 Å². The molecule has 5 unspecified atom stereocenters. The molecule has 5 fully saturated rings. The van der Waals surface area contributed by atoms with Crippen LogP contribution in [0, 0.1) is 29.6 Å². The van der Waals surface area contributed by atoms with Gasteiger partial charge in [0.1, 0.15) is 0 Å². The molecule has 13 rings (SSSR count). The molecule has 6 atom stereocenters. The van der Waals surface area contributed by atoms with Crippen molar-refractivity contribution >= 4 is 17.1 Å². The molecule has 7 aliphatic rings. The smallest absolute Gasteiger partial charge is 0.0509 e. The van der Waals surface area contributed by atoms with Crippen LogP contribution in [0.1, 0.15) is 87.0 Å². The number of hydrogen-bond acceptors (Lipinski definition) is 1. The summed E-state index contributed by atoms with van der Waals surface area (Å²) in [7, 11) is 0. The number of benzene rings is 6. The van der Waals surface area contributed by atoms with E-state index >= 15 is 0 Å². The van der Waals surface area contributed by atoms with Gasteiger partial charge < -0.3 is 4.90 Å². The van der Waals surface area contributed by atoms with Crippen LogP contribution < -0.4 is 4.90 Å². The fourth-order valence-electron chi connectivity index (χ4n) is 13.9. The maximum Gasteiger partial charge on any atom is 0.0509 e. The summed E-state index contributed by atoms with van der Waals surface area (Å²) in [5, 5.41) is 0. The van der Waals surface area contributed by atoms with E-state index in [9.17, 15) is 0 Å². The van der Waals surface area contributed by atoms with Gasteiger partial charge in [-0.05, 0) is 154 Å². The number of rotatable bonds is 4. The normalized spacial score (nSPS) is 27.5. The van der Waals surface area contributed by atoms with E-state index in [-0.39, 0.29) is 10.8 Å². The minimum atomic E-state index is 0.0418. The summed E-state index contributed by atoms with van der Waals surface area (Å²) >= 11 is 0. The number of fused-ring (bicyclic) bond motifs is 8. The quantitative estimate of drug-likeness (QED) is 0.177. The van der Waals surface area contributed by atoms with Crippen LogP contribution in [0.4, 0.5) is 17.1 Å². The molecule has 1 nitrogen and oxygen atoms in total. The Balaban J connectivity index is 1.12. The van der Waals surface area contributed by atoms with Crippen LogP contribution in [0.3, 0.4) is 0 Å². The van der Waals surface area contributed by atoms with Crippen molar-refractivity contribution in [3.05, 3.63) is 162 Å². The fourth-order valence-corrected chi connectivity index (χ4v) is 13.9. The van der Waals surface area contributed by atoms with E-state index in [4.69, 9.17) is 0 Å². The van der Waals surface area contributed by atoms with Gasteiger partial charge in [0, 0.05) is 22.2 Å². The van der Waals surface area contributed by atoms with E-state index in [1.165, 1.54) is 108 Å². The Kier molecular flexibility index (Phi) is 6.74. The van der Waals surface area contributed by atoms with Gasteiger partial charge in [-0.2, -0.15) is 0 Å². The Morgan fingerprint density at radius 2 is 1.20 bits per heavy atom. The van der Waals surface area contributed by atoms with Crippen molar-refractivity contribution in [3.8, 4) is 33.4 Å². The highest BCUT2D eigenvalue weighted by molar-refractivity contribution is 5.93. The van der Waals surface area contributed by atoms with Crippen LogP contribution in [-0.2, 0) is 10.8 Å². The van der Waals surface area contributed by atoms with Crippen molar-refractivity contribution in [2.24, 2.45) is 29.6 Å². The van der Waals surface area contributed by atoms with Crippen LogP contribution in [0.25, 0.3) is 33.4 Å². The second-order valence-electron chi connectivity index (χ2n) is 18.0. The first-order chi connectivity index (χ1) is 26.6. The second-order valence-corrected chi connectivity index (χ2v) is 18.0. The minimum Gasteiger partial charge on any atom is -0.310 e. The average molecular weight is 700 g/mol. The molecule has 0 heterocycles. The van der Waals surface area contributed by atoms with Crippen molar-refractivity contribution in [3.63, 3.8) is 0 Å². The molecule has 4 bridgehead atoms. The molecule has 7 aliphatic carbocycles. The molecule has 0 saturated heterocycles. The maximum absolute atomic E-state index is 2.68.